The van der Waals surface area contributed by atoms with Crippen molar-refractivity contribution in [3.05, 3.63) is 34.9 Å². The van der Waals surface area contributed by atoms with E-state index in [4.69, 9.17) is 21.1 Å². The molecule has 0 spiro atoms. The van der Waals surface area contributed by atoms with Gasteiger partial charge in [-0.2, -0.15) is 0 Å². The van der Waals surface area contributed by atoms with Gasteiger partial charge in [-0.25, -0.2) is 4.79 Å². The minimum atomic E-state index is -0.479. The zero-order chi connectivity index (χ0) is 12.6. The summed E-state index contributed by atoms with van der Waals surface area (Å²) in [5.41, 5.74) is 0.471. The molecule has 1 aromatic carbocycles. The first-order chi connectivity index (χ1) is 7.87. The zero-order valence-electron chi connectivity index (χ0n) is 10.1. The quantitative estimate of drug-likeness (QED) is 0.601. The maximum atomic E-state index is 11.7. The highest BCUT2D eigenvalue weighted by atomic mass is 35.5. The molecule has 1 aliphatic heterocycles. The van der Waals surface area contributed by atoms with Crippen LogP contribution in [0.25, 0.3) is 0 Å². The molecular weight excluding hydrogens is 240 g/mol. The maximum absolute atomic E-state index is 11.7. The number of rotatable bonds is 2. The predicted octanol–water partition coefficient (Wildman–Crippen LogP) is 3.12. The minimum absolute atomic E-state index is 0.192. The Morgan fingerprint density at radius 1 is 1.29 bits per heavy atom. The Labute approximate surface area is 106 Å². The highest BCUT2D eigenvalue weighted by Gasteiger charge is 2.48. The van der Waals surface area contributed by atoms with Crippen LogP contribution in [0.3, 0.4) is 0 Å². The summed E-state index contributed by atoms with van der Waals surface area (Å²) in [4.78, 5) is 11.7. The van der Waals surface area contributed by atoms with E-state index >= 15 is 0 Å². The Hall–Kier alpha value is -1.06. The molecule has 1 fully saturated rings. The van der Waals surface area contributed by atoms with Crippen molar-refractivity contribution in [1.82, 2.24) is 0 Å². The molecule has 0 saturated carbocycles. The maximum Gasteiger partial charge on any atom is 0.338 e. The van der Waals surface area contributed by atoms with E-state index in [0.717, 1.165) is 5.56 Å². The van der Waals surface area contributed by atoms with Crippen LogP contribution in [0.2, 0.25) is 5.02 Å². The average molecular weight is 255 g/mol. The van der Waals surface area contributed by atoms with Gasteiger partial charge in [0.2, 0.25) is 0 Å². The van der Waals surface area contributed by atoms with Crippen molar-refractivity contribution < 1.29 is 14.3 Å². The number of carbonyl (C=O) groups is 1. The van der Waals surface area contributed by atoms with Gasteiger partial charge in [-0.15, -0.1) is 0 Å². The number of hydrogen-bond acceptors (Lipinski definition) is 3. The second-order valence-electron chi connectivity index (χ2n) is 5.06. The molecule has 1 saturated heterocycles. The summed E-state index contributed by atoms with van der Waals surface area (Å²) in [6.45, 7) is 5.51. The molecule has 0 bridgehead atoms. The number of hydrogen-bond donors (Lipinski definition) is 0. The predicted molar refractivity (Wildman–Crippen MR) is 64.9 cm³/mol. The standard InChI is InChI=1S/C13H15ClO3/c1-13(2,3)17-12(15)11-10(16-11)8-4-6-9(14)7-5-8/h4-7,10-11H,1-3H3/t10-,11-/m0/s1. The molecule has 4 heteroatoms. The number of carbonyl (C=O) groups excluding carboxylic acids is 1. The number of halogens is 1. The van der Waals surface area contributed by atoms with Gasteiger partial charge in [0.1, 0.15) is 11.7 Å². The van der Waals surface area contributed by atoms with Crippen LogP contribution in [0.15, 0.2) is 24.3 Å². The lowest BCUT2D eigenvalue weighted by atomic mass is 10.1. The van der Waals surface area contributed by atoms with Gasteiger partial charge in [0, 0.05) is 5.02 Å². The molecule has 0 amide bonds. The van der Waals surface area contributed by atoms with Gasteiger partial charge in [-0.3, -0.25) is 0 Å². The van der Waals surface area contributed by atoms with Gasteiger partial charge < -0.3 is 9.47 Å². The monoisotopic (exact) mass is 254 g/mol. The van der Waals surface area contributed by atoms with Crippen LogP contribution in [0.4, 0.5) is 0 Å². The van der Waals surface area contributed by atoms with Crippen LogP contribution in [0.1, 0.15) is 32.4 Å². The van der Waals surface area contributed by atoms with Crippen LogP contribution >= 0.6 is 11.6 Å². The van der Waals surface area contributed by atoms with Gasteiger partial charge in [0.05, 0.1) is 0 Å². The smallest absolute Gasteiger partial charge is 0.338 e. The van der Waals surface area contributed by atoms with E-state index in [0.29, 0.717) is 5.02 Å². The van der Waals surface area contributed by atoms with Crippen molar-refractivity contribution in [2.75, 3.05) is 0 Å². The topological polar surface area (TPSA) is 38.8 Å². The number of epoxide rings is 1. The second-order valence-corrected chi connectivity index (χ2v) is 5.50. The Balaban J connectivity index is 1.96. The molecular formula is C13H15ClO3. The van der Waals surface area contributed by atoms with Crippen LogP contribution in [0.5, 0.6) is 0 Å². The minimum Gasteiger partial charge on any atom is -0.458 e. The molecule has 17 heavy (non-hydrogen) atoms. The summed E-state index contributed by atoms with van der Waals surface area (Å²) >= 11 is 5.79. The molecule has 0 aromatic heterocycles. The molecule has 1 aromatic rings. The summed E-state index contributed by atoms with van der Waals surface area (Å²) in [6, 6.07) is 7.28. The SMILES string of the molecule is CC(C)(C)OC(=O)[C@H]1O[C@H]1c1ccc(Cl)cc1. The molecule has 0 radical (unpaired) electrons. The lowest BCUT2D eigenvalue weighted by Gasteiger charge is -2.18. The number of ether oxygens (including phenoxy) is 2. The fourth-order valence-corrected chi connectivity index (χ4v) is 1.68. The lowest BCUT2D eigenvalue weighted by molar-refractivity contribution is -0.156. The van der Waals surface area contributed by atoms with Gasteiger partial charge in [0.25, 0.3) is 0 Å². The van der Waals surface area contributed by atoms with Crippen LogP contribution < -0.4 is 0 Å². The molecule has 0 aliphatic carbocycles. The van der Waals surface area contributed by atoms with Gasteiger partial charge in [-0.1, -0.05) is 23.7 Å². The molecule has 0 unspecified atom stereocenters. The first kappa shape index (κ1) is 12.4. The van der Waals surface area contributed by atoms with E-state index in [1.54, 1.807) is 12.1 Å². The molecule has 1 heterocycles. The lowest BCUT2D eigenvalue weighted by Crippen LogP contribution is -2.26. The van der Waals surface area contributed by atoms with Crippen molar-refractivity contribution in [1.29, 1.82) is 0 Å². The van der Waals surface area contributed by atoms with Gasteiger partial charge in [-0.05, 0) is 38.5 Å². The van der Waals surface area contributed by atoms with E-state index < -0.39 is 11.7 Å². The fourth-order valence-electron chi connectivity index (χ4n) is 1.56. The van der Waals surface area contributed by atoms with Crippen molar-refractivity contribution in [3.63, 3.8) is 0 Å². The van der Waals surface area contributed by atoms with Crippen molar-refractivity contribution >= 4 is 17.6 Å². The Bertz CT molecular complexity index is 419. The van der Waals surface area contributed by atoms with E-state index in [2.05, 4.69) is 0 Å². The third-order valence-corrected chi connectivity index (χ3v) is 2.58. The van der Waals surface area contributed by atoms with Gasteiger partial charge >= 0.3 is 5.97 Å². The first-order valence-electron chi connectivity index (χ1n) is 5.50. The first-order valence-corrected chi connectivity index (χ1v) is 5.88. The van der Waals surface area contributed by atoms with Crippen LogP contribution in [0, 0.1) is 0 Å². The normalized spacial score (nSPS) is 23.3. The third-order valence-electron chi connectivity index (χ3n) is 2.33. The molecule has 2 rings (SSSR count). The number of esters is 1. The summed E-state index contributed by atoms with van der Waals surface area (Å²) in [7, 11) is 0. The summed E-state index contributed by atoms with van der Waals surface area (Å²) in [5.74, 6) is -0.308. The van der Waals surface area contributed by atoms with Gasteiger partial charge in [0.15, 0.2) is 6.10 Å². The Morgan fingerprint density at radius 2 is 1.88 bits per heavy atom. The van der Waals surface area contributed by atoms with E-state index in [-0.39, 0.29) is 12.1 Å². The average Bonchev–Trinajstić information content (AvgIpc) is 2.96. The highest BCUT2D eigenvalue weighted by Crippen LogP contribution is 2.40. The number of benzene rings is 1. The molecule has 1 aliphatic rings. The van der Waals surface area contributed by atoms with E-state index in [1.807, 2.05) is 32.9 Å². The summed E-state index contributed by atoms with van der Waals surface area (Å²) < 4.78 is 10.6. The van der Waals surface area contributed by atoms with E-state index in [9.17, 15) is 4.79 Å². The van der Waals surface area contributed by atoms with Crippen LogP contribution in [-0.4, -0.2) is 17.7 Å². The third kappa shape index (κ3) is 3.20. The molecule has 2 atom stereocenters. The fraction of sp³-hybridized carbons (Fsp3) is 0.462. The highest BCUT2D eigenvalue weighted by molar-refractivity contribution is 6.30. The van der Waals surface area contributed by atoms with Crippen molar-refractivity contribution in [2.24, 2.45) is 0 Å². The molecule has 92 valence electrons. The summed E-state index contributed by atoms with van der Waals surface area (Å²) in [6.07, 6.45) is -0.669. The molecule has 0 N–H and O–H groups in total. The summed E-state index contributed by atoms with van der Waals surface area (Å²) in [5, 5.41) is 0.670. The largest absolute Gasteiger partial charge is 0.458 e. The Morgan fingerprint density at radius 3 is 2.41 bits per heavy atom. The molecule has 3 nitrogen and oxygen atoms in total. The van der Waals surface area contributed by atoms with E-state index in [1.165, 1.54) is 0 Å². The Kier molecular flexibility index (Phi) is 3.15. The van der Waals surface area contributed by atoms with Crippen LogP contribution in [-0.2, 0) is 14.3 Å². The second kappa shape index (κ2) is 4.31. The zero-order valence-corrected chi connectivity index (χ0v) is 10.8. The van der Waals surface area contributed by atoms with Crippen molar-refractivity contribution in [2.45, 2.75) is 38.6 Å². The van der Waals surface area contributed by atoms with Crippen molar-refractivity contribution in [3.8, 4) is 0 Å².